The summed E-state index contributed by atoms with van der Waals surface area (Å²) < 4.78 is 0. The van der Waals surface area contributed by atoms with E-state index in [1.165, 1.54) is 0 Å². The number of H-pyrrole nitrogens is 1. The average molecular weight is 156 g/mol. The fourth-order valence-corrected chi connectivity index (χ4v) is 1.10. The van der Waals surface area contributed by atoms with Gasteiger partial charge in [0.15, 0.2) is 7.85 Å². The maximum Gasteiger partial charge on any atom is 0.258 e. The summed E-state index contributed by atoms with van der Waals surface area (Å²) in [7, 11) is 5.36. The van der Waals surface area contributed by atoms with Crippen LogP contribution < -0.4 is 11.3 Å². The molecule has 0 saturated carbocycles. The number of nitrogens with one attached hydrogen (secondary N) is 1. The van der Waals surface area contributed by atoms with Gasteiger partial charge in [-0.3, -0.25) is 4.79 Å². The Morgan fingerprint density at radius 2 is 2.08 bits per heavy atom. The number of benzene rings is 1. The van der Waals surface area contributed by atoms with Crippen LogP contribution in [0.5, 0.6) is 0 Å². The highest BCUT2D eigenvalue weighted by Crippen LogP contribution is 2.01. The Labute approximate surface area is 69.9 Å². The van der Waals surface area contributed by atoms with Gasteiger partial charge in [0.1, 0.15) is 0 Å². The van der Waals surface area contributed by atoms with Crippen LogP contribution in [0.3, 0.4) is 0 Å². The van der Waals surface area contributed by atoms with Gasteiger partial charge < -0.3 is 4.98 Å². The van der Waals surface area contributed by atoms with Crippen molar-refractivity contribution in [3.63, 3.8) is 0 Å². The highest BCUT2D eigenvalue weighted by atomic mass is 16.1. The van der Waals surface area contributed by atoms with Crippen molar-refractivity contribution < 1.29 is 0 Å². The Balaban J connectivity index is 2.99. The molecule has 0 aliphatic carbocycles. The van der Waals surface area contributed by atoms with E-state index >= 15 is 0 Å². The zero-order chi connectivity index (χ0) is 8.55. The SMILES string of the molecule is [B]c1nc2ccccc2c(=O)[nH]1. The second-order valence-electron chi connectivity index (χ2n) is 2.47. The standard InChI is InChI=1S/C8H5BN2O/c9-8-10-6-4-2-1-3-5(6)7(12)11-8/h1-4H,(H,10,11,12). The van der Waals surface area contributed by atoms with Gasteiger partial charge in [0.05, 0.1) is 16.6 Å². The van der Waals surface area contributed by atoms with Gasteiger partial charge in [-0.15, -0.1) is 0 Å². The molecular formula is C8H5BN2O. The summed E-state index contributed by atoms with van der Waals surface area (Å²) in [6.07, 6.45) is 0. The van der Waals surface area contributed by atoms with Crippen molar-refractivity contribution in [1.82, 2.24) is 9.97 Å². The summed E-state index contributed by atoms with van der Waals surface area (Å²) in [5, 5.41) is 0.562. The molecular weight excluding hydrogens is 151 g/mol. The van der Waals surface area contributed by atoms with E-state index in [1.54, 1.807) is 18.2 Å². The van der Waals surface area contributed by atoms with Crippen LogP contribution in [-0.4, -0.2) is 17.8 Å². The molecule has 3 nitrogen and oxygen atoms in total. The van der Waals surface area contributed by atoms with Crippen molar-refractivity contribution >= 4 is 24.5 Å². The van der Waals surface area contributed by atoms with Crippen molar-refractivity contribution in [2.75, 3.05) is 0 Å². The molecule has 1 aromatic carbocycles. The first-order valence-corrected chi connectivity index (χ1v) is 3.52. The Hall–Kier alpha value is -1.58. The molecule has 0 aliphatic heterocycles. The number of nitrogens with zero attached hydrogens (tertiary/aromatic N) is 1. The fourth-order valence-electron chi connectivity index (χ4n) is 1.10. The molecule has 0 unspecified atom stereocenters. The smallest absolute Gasteiger partial charge is 0.258 e. The van der Waals surface area contributed by atoms with Gasteiger partial charge in [-0.2, -0.15) is 0 Å². The minimum atomic E-state index is -0.196. The third kappa shape index (κ3) is 1.01. The van der Waals surface area contributed by atoms with Gasteiger partial charge in [-0.1, -0.05) is 12.1 Å². The second kappa shape index (κ2) is 2.48. The van der Waals surface area contributed by atoms with E-state index in [1.807, 2.05) is 6.07 Å². The lowest BCUT2D eigenvalue weighted by atomic mass is 10.1. The van der Waals surface area contributed by atoms with Crippen LogP contribution in [0.2, 0.25) is 0 Å². The lowest BCUT2D eigenvalue weighted by molar-refractivity contribution is 1.24. The number of hydrogen-bond acceptors (Lipinski definition) is 2. The molecule has 0 spiro atoms. The minimum Gasteiger partial charge on any atom is -0.319 e. The van der Waals surface area contributed by atoms with Crippen LogP contribution in [0.1, 0.15) is 0 Å². The number of aromatic amines is 1. The summed E-state index contributed by atoms with van der Waals surface area (Å²) >= 11 is 0. The van der Waals surface area contributed by atoms with Crippen LogP contribution in [0, 0.1) is 0 Å². The number of rotatable bonds is 0. The molecule has 0 aliphatic rings. The summed E-state index contributed by atoms with van der Waals surface area (Å²) in [5.41, 5.74) is 0.579. The van der Waals surface area contributed by atoms with E-state index in [0.29, 0.717) is 10.9 Å². The normalized spacial score (nSPS) is 10.3. The monoisotopic (exact) mass is 156 g/mol. The zero-order valence-electron chi connectivity index (χ0n) is 6.24. The average Bonchev–Trinajstić information content (AvgIpc) is 2.04. The molecule has 1 aromatic heterocycles. The van der Waals surface area contributed by atoms with Crippen molar-refractivity contribution in [2.24, 2.45) is 0 Å². The van der Waals surface area contributed by atoms with E-state index in [2.05, 4.69) is 9.97 Å². The molecule has 0 atom stereocenters. The summed E-state index contributed by atoms with van der Waals surface area (Å²) in [6.45, 7) is 0. The first kappa shape index (κ1) is 7.09. The zero-order valence-corrected chi connectivity index (χ0v) is 6.24. The van der Waals surface area contributed by atoms with Gasteiger partial charge in [0.25, 0.3) is 5.56 Å². The highest BCUT2D eigenvalue weighted by molar-refractivity contribution is 6.29. The van der Waals surface area contributed by atoms with Crippen LogP contribution in [0.25, 0.3) is 10.9 Å². The number of para-hydroxylation sites is 1. The lowest BCUT2D eigenvalue weighted by Gasteiger charge is -1.96. The van der Waals surface area contributed by atoms with E-state index in [9.17, 15) is 4.79 Å². The predicted octanol–water partition coefficient (Wildman–Crippen LogP) is -0.283. The highest BCUT2D eigenvalue weighted by Gasteiger charge is 1.97. The quantitative estimate of drug-likeness (QED) is 0.533. The maximum absolute atomic E-state index is 11.2. The van der Waals surface area contributed by atoms with E-state index < -0.39 is 0 Å². The Bertz CT molecular complexity index is 478. The molecule has 2 aromatic rings. The van der Waals surface area contributed by atoms with Crippen molar-refractivity contribution in [1.29, 1.82) is 0 Å². The Kier molecular flexibility index (Phi) is 1.47. The van der Waals surface area contributed by atoms with Crippen molar-refractivity contribution in [3.8, 4) is 0 Å². The molecule has 2 rings (SSSR count). The molecule has 1 N–H and O–H groups in total. The topological polar surface area (TPSA) is 45.8 Å². The third-order valence-electron chi connectivity index (χ3n) is 1.63. The predicted molar refractivity (Wildman–Crippen MR) is 47.8 cm³/mol. The second-order valence-corrected chi connectivity index (χ2v) is 2.47. The van der Waals surface area contributed by atoms with Gasteiger partial charge in [-0.05, 0) is 12.1 Å². The van der Waals surface area contributed by atoms with E-state index in [-0.39, 0.29) is 11.3 Å². The van der Waals surface area contributed by atoms with Gasteiger partial charge in [-0.25, -0.2) is 4.98 Å². The van der Waals surface area contributed by atoms with Crippen LogP contribution >= 0.6 is 0 Å². The van der Waals surface area contributed by atoms with Crippen LogP contribution in [-0.2, 0) is 0 Å². The molecule has 56 valence electrons. The fraction of sp³-hybridized carbons (Fsp3) is 0. The minimum absolute atomic E-state index is 0.152. The number of hydrogen-bond donors (Lipinski definition) is 1. The molecule has 0 fully saturated rings. The largest absolute Gasteiger partial charge is 0.319 e. The molecule has 4 heteroatoms. The van der Waals surface area contributed by atoms with E-state index in [4.69, 9.17) is 7.85 Å². The maximum atomic E-state index is 11.2. The molecule has 0 saturated heterocycles. The van der Waals surface area contributed by atoms with Crippen molar-refractivity contribution in [3.05, 3.63) is 34.6 Å². The molecule has 2 radical (unpaired) electrons. The molecule has 1 heterocycles. The van der Waals surface area contributed by atoms with Crippen LogP contribution in [0.4, 0.5) is 0 Å². The molecule has 0 bridgehead atoms. The third-order valence-corrected chi connectivity index (χ3v) is 1.63. The lowest BCUT2D eigenvalue weighted by Crippen LogP contribution is -2.23. The van der Waals surface area contributed by atoms with Crippen molar-refractivity contribution in [2.45, 2.75) is 0 Å². The summed E-state index contributed by atoms with van der Waals surface area (Å²) in [5.74, 6) is 0. The Morgan fingerprint density at radius 3 is 2.92 bits per heavy atom. The first-order valence-electron chi connectivity index (χ1n) is 3.52. The van der Waals surface area contributed by atoms with Gasteiger partial charge >= 0.3 is 0 Å². The van der Waals surface area contributed by atoms with Crippen LogP contribution in [0.15, 0.2) is 29.1 Å². The van der Waals surface area contributed by atoms with Gasteiger partial charge in [0.2, 0.25) is 0 Å². The first-order chi connectivity index (χ1) is 5.77. The Morgan fingerprint density at radius 1 is 1.33 bits per heavy atom. The molecule has 0 amide bonds. The molecule has 12 heavy (non-hydrogen) atoms. The van der Waals surface area contributed by atoms with E-state index in [0.717, 1.165) is 0 Å². The summed E-state index contributed by atoms with van der Waals surface area (Å²) in [4.78, 5) is 17.6. The summed E-state index contributed by atoms with van der Waals surface area (Å²) in [6, 6.07) is 7.06. The number of fused-ring (bicyclic) bond motifs is 1. The van der Waals surface area contributed by atoms with Gasteiger partial charge in [0, 0.05) is 0 Å². The number of aromatic nitrogens is 2.